The number of ether oxygens (including phenoxy) is 2. The fourth-order valence-corrected chi connectivity index (χ4v) is 2.07. The molecule has 0 spiro atoms. The second-order valence-corrected chi connectivity index (χ2v) is 4.43. The minimum absolute atomic E-state index is 0.0382. The van der Waals surface area contributed by atoms with E-state index in [4.69, 9.17) is 9.47 Å². The quantitative estimate of drug-likeness (QED) is 0.503. The monoisotopic (exact) mass is 276 g/mol. The number of phenols is 1. The van der Waals surface area contributed by atoms with Crippen molar-refractivity contribution in [3.63, 3.8) is 0 Å². The maximum Gasteiger partial charge on any atom is 0.194 e. The van der Waals surface area contributed by atoms with Gasteiger partial charge in [0.25, 0.3) is 0 Å². The third-order valence-corrected chi connectivity index (χ3v) is 3.32. The lowest BCUT2D eigenvalue weighted by Crippen LogP contribution is -2.37. The van der Waals surface area contributed by atoms with Crippen LogP contribution in [0.2, 0.25) is 0 Å². The summed E-state index contributed by atoms with van der Waals surface area (Å²) in [5.74, 6) is -1.77. The molecule has 0 aromatic heterocycles. The summed E-state index contributed by atoms with van der Waals surface area (Å²) in [6.07, 6.45) is 2.98. The summed E-state index contributed by atoms with van der Waals surface area (Å²) in [5, 5.41) is 19.9. The zero-order valence-corrected chi connectivity index (χ0v) is 11.3. The second kappa shape index (κ2) is 5.48. The zero-order valence-electron chi connectivity index (χ0n) is 11.3. The molecule has 1 aliphatic rings. The van der Waals surface area contributed by atoms with Gasteiger partial charge in [-0.3, -0.25) is 4.79 Å². The highest BCUT2D eigenvalue weighted by molar-refractivity contribution is 6.05. The van der Waals surface area contributed by atoms with Gasteiger partial charge in [-0.1, -0.05) is 12.1 Å². The molecule has 0 saturated heterocycles. The van der Waals surface area contributed by atoms with Gasteiger partial charge in [-0.25, -0.2) is 0 Å². The van der Waals surface area contributed by atoms with Crippen molar-refractivity contribution in [3.8, 4) is 5.75 Å². The highest BCUT2D eigenvalue weighted by atomic mass is 16.7. The van der Waals surface area contributed by atoms with E-state index >= 15 is 0 Å². The number of aliphatic hydroxyl groups excluding tert-OH is 1. The van der Waals surface area contributed by atoms with Gasteiger partial charge >= 0.3 is 0 Å². The van der Waals surface area contributed by atoms with Gasteiger partial charge in [-0.05, 0) is 24.3 Å². The Bertz CT molecular complexity index is 582. The Kier molecular flexibility index (Phi) is 3.92. The molecule has 0 unspecified atom stereocenters. The number of phenolic OH excluding ortho intramolecular Hbond substituents is 1. The Hall–Kier alpha value is -2.11. The number of benzene rings is 1. The Labute approximate surface area is 116 Å². The van der Waals surface area contributed by atoms with E-state index in [1.165, 1.54) is 32.4 Å². The van der Waals surface area contributed by atoms with Crippen molar-refractivity contribution in [1.82, 2.24) is 0 Å². The molecule has 0 saturated carbocycles. The van der Waals surface area contributed by atoms with Crippen LogP contribution in [0.3, 0.4) is 0 Å². The van der Waals surface area contributed by atoms with Crippen LogP contribution in [-0.2, 0) is 14.3 Å². The van der Waals surface area contributed by atoms with Gasteiger partial charge in [0.05, 0.1) is 17.6 Å². The molecule has 0 bridgehead atoms. The number of aromatic hydroxyl groups is 1. The Morgan fingerprint density at radius 1 is 1.25 bits per heavy atom. The number of allylic oxidation sites excluding steroid dienone is 2. The average Bonchev–Trinajstić information content (AvgIpc) is 2.47. The molecule has 0 aliphatic heterocycles. The molecule has 2 N–H and O–H groups in total. The molecule has 0 atom stereocenters. The van der Waals surface area contributed by atoms with Crippen molar-refractivity contribution in [3.05, 3.63) is 47.6 Å². The van der Waals surface area contributed by atoms with E-state index in [-0.39, 0.29) is 34.8 Å². The van der Waals surface area contributed by atoms with Gasteiger partial charge in [0.15, 0.2) is 11.6 Å². The minimum atomic E-state index is -1.10. The summed E-state index contributed by atoms with van der Waals surface area (Å²) in [6, 6.07) is 6.28. The van der Waals surface area contributed by atoms with Gasteiger partial charge in [0.1, 0.15) is 11.5 Å². The number of ketones is 1. The molecule has 1 aromatic rings. The topological polar surface area (TPSA) is 76.0 Å². The smallest absolute Gasteiger partial charge is 0.194 e. The van der Waals surface area contributed by atoms with Crippen LogP contribution < -0.4 is 0 Å². The Balaban J connectivity index is 2.46. The predicted octanol–water partition coefficient (Wildman–Crippen LogP) is 2.18. The maximum atomic E-state index is 12.1. The SMILES string of the molecule is COC1(OC)C=CC(=C(O)c2ccccc2O)C(=O)C1. The maximum absolute atomic E-state index is 12.1. The molecular weight excluding hydrogens is 260 g/mol. The molecule has 0 fully saturated rings. The summed E-state index contributed by atoms with van der Waals surface area (Å²) in [6.45, 7) is 0. The lowest BCUT2D eigenvalue weighted by molar-refractivity contribution is -0.178. The van der Waals surface area contributed by atoms with Gasteiger partial charge in [-0.15, -0.1) is 0 Å². The van der Waals surface area contributed by atoms with Gasteiger partial charge in [0.2, 0.25) is 0 Å². The highest BCUT2D eigenvalue weighted by Crippen LogP contribution is 2.32. The van der Waals surface area contributed by atoms with Gasteiger partial charge in [0, 0.05) is 14.2 Å². The lowest BCUT2D eigenvalue weighted by Gasteiger charge is -2.30. The Morgan fingerprint density at radius 3 is 2.45 bits per heavy atom. The molecule has 0 heterocycles. The van der Waals surface area contributed by atoms with Crippen LogP contribution in [0, 0.1) is 0 Å². The van der Waals surface area contributed by atoms with Crippen molar-refractivity contribution in [1.29, 1.82) is 0 Å². The average molecular weight is 276 g/mol. The van der Waals surface area contributed by atoms with Crippen LogP contribution in [0.25, 0.3) is 5.76 Å². The fraction of sp³-hybridized carbons (Fsp3) is 0.267. The number of hydrogen-bond donors (Lipinski definition) is 2. The van der Waals surface area contributed by atoms with Crippen molar-refractivity contribution in [2.75, 3.05) is 14.2 Å². The van der Waals surface area contributed by atoms with Crippen LogP contribution >= 0.6 is 0 Å². The summed E-state index contributed by atoms with van der Waals surface area (Å²) in [7, 11) is 2.89. The first-order chi connectivity index (χ1) is 9.53. The number of carbonyl (C=O) groups excluding carboxylic acids is 1. The van der Waals surface area contributed by atoms with Crippen LogP contribution in [-0.4, -0.2) is 36.0 Å². The first kappa shape index (κ1) is 14.3. The molecule has 1 aliphatic carbocycles. The molecule has 5 nitrogen and oxygen atoms in total. The van der Waals surface area contributed by atoms with E-state index in [9.17, 15) is 15.0 Å². The van der Waals surface area contributed by atoms with E-state index in [0.29, 0.717) is 0 Å². The van der Waals surface area contributed by atoms with Crippen LogP contribution in [0.4, 0.5) is 0 Å². The minimum Gasteiger partial charge on any atom is -0.507 e. The molecular formula is C15H16O5. The van der Waals surface area contributed by atoms with Crippen LogP contribution in [0.5, 0.6) is 5.75 Å². The third-order valence-electron chi connectivity index (χ3n) is 3.32. The molecule has 0 radical (unpaired) electrons. The number of Topliss-reactive ketones (excluding diaryl/α,β-unsaturated/α-hetero) is 1. The molecule has 1 aromatic carbocycles. The number of para-hydroxylation sites is 1. The normalized spacial score (nSPS) is 20.0. The Morgan fingerprint density at radius 2 is 1.90 bits per heavy atom. The van der Waals surface area contributed by atoms with E-state index in [1.54, 1.807) is 18.2 Å². The van der Waals surface area contributed by atoms with Crippen molar-refractivity contribution in [2.24, 2.45) is 0 Å². The lowest BCUT2D eigenvalue weighted by atomic mass is 9.92. The standard InChI is InChI=1S/C15H16O5/c1-19-15(20-2)8-7-11(13(17)9-15)14(18)10-5-3-4-6-12(10)16/h3-8,16,18H,9H2,1-2H3. The second-order valence-electron chi connectivity index (χ2n) is 4.43. The molecule has 20 heavy (non-hydrogen) atoms. The third kappa shape index (κ3) is 2.45. The molecule has 2 rings (SSSR count). The number of hydrogen-bond acceptors (Lipinski definition) is 5. The summed E-state index contributed by atoms with van der Waals surface area (Å²) in [5.41, 5.74) is 0.332. The molecule has 0 amide bonds. The fourth-order valence-electron chi connectivity index (χ4n) is 2.07. The van der Waals surface area contributed by atoms with Gasteiger partial charge in [-0.2, -0.15) is 0 Å². The summed E-state index contributed by atoms with van der Waals surface area (Å²) in [4.78, 5) is 12.1. The molecule has 106 valence electrons. The van der Waals surface area contributed by atoms with E-state index in [1.807, 2.05) is 0 Å². The van der Waals surface area contributed by atoms with E-state index < -0.39 is 5.79 Å². The van der Waals surface area contributed by atoms with Crippen molar-refractivity contribution in [2.45, 2.75) is 12.2 Å². The summed E-state index contributed by atoms with van der Waals surface area (Å²) < 4.78 is 10.3. The van der Waals surface area contributed by atoms with Crippen LogP contribution in [0.1, 0.15) is 12.0 Å². The number of rotatable bonds is 3. The van der Waals surface area contributed by atoms with Gasteiger partial charge < -0.3 is 19.7 Å². The summed E-state index contributed by atoms with van der Waals surface area (Å²) >= 11 is 0. The highest BCUT2D eigenvalue weighted by Gasteiger charge is 2.35. The number of carbonyl (C=O) groups is 1. The molecule has 5 heteroatoms. The van der Waals surface area contributed by atoms with Crippen molar-refractivity contribution >= 4 is 11.5 Å². The first-order valence-corrected chi connectivity index (χ1v) is 6.07. The zero-order chi connectivity index (χ0) is 14.8. The predicted molar refractivity (Wildman–Crippen MR) is 73.2 cm³/mol. The first-order valence-electron chi connectivity index (χ1n) is 6.07. The number of aliphatic hydroxyl groups is 1. The van der Waals surface area contributed by atoms with Crippen LogP contribution in [0.15, 0.2) is 42.0 Å². The largest absolute Gasteiger partial charge is 0.507 e. The van der Waals surface area contributed by atoms with E-state index in [0.717, 1.165) is 0 Å². The number of methoxy groups -OCH3 is 2. The van der Waals surface area contributed by atoms with Crippen molar-refractivity contribution < 1.29 is 24.5 Å². The van der Waals surface area contributed by atoms with E-state index in [2.05, 4.69) is 0 Å².